The summed E-state index contributed by atoms with van der Waals surface area (Å²) in [4.78, 5) is 22.2. The van der Waals surface area contributed by atoms with Crippen molar-refractivity contribution >= 4 is 17.8 Å². The zero-order valence-corrected chi connectivity index (χ0v) is 14.7. The fraction of sp³-hybridized carbons (Fsp3) is 0.222. The molecule has 2 rings (SSSR count). The molecule has 2 aromatic carbocycles. The highest BCUT2D eigenvalue weighted by molar-refractivity contribution is 5.84. The summed E-state index contributed by atoms with van der Waals surface area (Å²) in [6.45, 7) is 3.68. The first-order valence-electron chi connectivity index (χ1n) is 7.75. The molecular formula is C18H19N3O5. The summed E-state index contributed by atoms with van der Waals surface area (Å²) in [7, 11) is 1.35. The lowest BCUT2D eigenvalue weighted by molar-refractivity contribution is -0.385. The number of amides is 1. The van der Waals surface area contributed by atoms with Gasteiger partial charge in [-0.25, -0.2) is 5.43 Å². The molecular weight excluding hydrogens is 338 g/mol. The molecule has 0 aliphatic rings. The molecule has 0 fully saturated rings. The SMILES string of the molecule is COc1ccc(/C=N/NC(=O)COc2ccc(C)cc2C)cc1[N+](=O)[O-]. The standard InChI is InChI=1S/C18H19N3O5/c1-12-4-6-16(13(2)8-12)26-11-18(22)20-19-10-14-5-7-17(25-3)15(9-14)21(23)24/h4-10H,11H2,1-3H3,(H,20,22)/b19-10+. The Morgan fingerprint density at radius 2 is 1.96 bits per heavy atom. The maximum atomic E-state index is 11.8. The second-order valence-electron chi connectivity index (χ2n) is 5.54. The van der Waals surface area contributed by atoms with Crippen LogP contribution in [0.5, 0.6) is 11.5 Å². The molecule has 0 unspecified atom stereocenters. The zero-order chi connectivity index (χ0) is 19.1. The predicted octanol–water partition coefficient (Wildman–Crippen LogP) is 2.75. The number of carbonyl (C=O) groups is 1. The van der Waals surface area contributed by atoms with Gasteiger partial charge in [0, 0.05) is 11.6 Å². The van der Waals surface area contributed by atoms with E-state index in [1.807, 2.05) is 26.0 Å². The van der Waals surface area contributed by atoms with Gasteiger partial charge in [0.25, 0.3) is 5.91 Å². The number of rotatable bonds is 7. The lowest BCUT2D eigenvalue weighted by Crippen LogP contribution is -2.24. The molecule has 0 aliphatic carbocycles. The normalized spacial score (nSPS) is 10.6. The Morgan fingerprint density at radius 1 is 1.23 bits per heavy atom. The predicted molar refractivity (Wildman–Crippen MR) is 96.8 cm³/mol. The highest BCUT2D eigenvalue weighted by atomic mass is 16.6. The number of aryl methyl sites for hydroxylation is 2. The molecule has 0 aromatic heterocycles. The third-order valence-electron chi connectivity index (χ3n) is 3.49. The third-order valence-corrected chi connectivity index (χ3v) is 3.49. The Kier molecular flexibility index (Phi) is 6.26. The summed E-state index contributed by atoms with van der Waals surface area (Å²) in [5, 5.41) is 14.8. The molecule has 8 nitrogen and oxygen atoms in total. The molecule has 0 radical (unpaired) electrons. The van der Waals surface area contributed by atoms with Crippen molar-refractivity contribution < 1.29 is 19.2 Å². The van der Waals surface area contributed by atoms with E-state index >= 15 is 0 Å². The van der Waals surface area contributed by atoms with Gasteiger partial charge in [0.15, 0.2) is 12.4 Å². The van der Waals surface area contributed by atoms with E-state index in [1.54, 1.807) is 12.1 Å². The maximum Gasteiger partial charge on any atom is 0.311 e. The monoisotopic (exact) mass is 357 g/mol. The minimum Gasteiger partial charge on any atom is -0.490 e. The number of benzene rings is 2. The van der Waals surface area contributed by atoms with E-state index in [2.05, 4.69) is 10.5 Å². The largest absolute Gasteiger partial charge is 0.490 e. The Balaban J connectivity index is 1.92. The Hall–Kier alpha value is -3.42. The first-order chi connectivity index (χ1) is 12.4. The number of methoxy groups -OCH3 is 1. The number of nitrogens with one attached hydrogen (secondary N) is 1. The maximum absolute atomic E-state index is 11.8. The van der Waals surface area contributed by atoms with Crippen LogP contribution in [0.4, 0.5) is 5.69 Å². The molecule has 136 valence electrons. The van der Waals surface area contributed by atoms with Crippen molar-refractivity contribution in [2.75, 3.05) is 13.7 Å². The van der Waals surface area contributed by atoms with Crippen LogP contribution in [0.3, 0.4) is 0 Å². The van der Waals surface area contributed by atoms with Crippen LogP contribution in [0.25, 0.3) is 0 Å². The molecule has 8 heteroatoms. The molecule has 1 amide bonds. The van der Waals surface area contributed by atoms with Crippen LogP contribution in [0, 0.1) is 24.0 Å². The highest BCUT2D eigenvalue weighted by Crippen LogP contribution is 2.26. The van der Waals surface area contributed by atoms with E-state index < -0.39 is 10.8 Å². The van der Waals surface area contributed by atoms with E-state index in [9.17, 15) is 14.9 Å². The van der Waals surface area contributed by atoms with Crippen LogP contribution in [-0.2, 0) is 4.79 Å². The van der Waals surface area contributed by atoms with Crippen molar-refractivity contribution in [3.63, 3.8) is 0 Å². The van der Waals surface area contributed by atoms with Gasteiger partial charge < -0.3 is 9.47 Å². The average molecular weight is 357 g/mol. The van der Waals surface area contributed by atoms with Crippen molar-refractivity contribution in [1.29, 1.82) is 0 Å². The second kappa shape index (κ2) is 8.61. The van der Waals surface area contributed by atoms with Gasteiger partial charge in [0.05, 0.1) is 18.2 Å². The summed E-state index contributed by atoms with van der Waals surface area (Å²) in [6.07, 6.45) is 1.31. The summed E-state index contributed by atoms with van der Waals surface area (Å²) >= 11 is 0. The lowest BCUT2D eigenvalue weighted by atomic mass is 10.1. The van der Waals surface area contributed by atoms with Gasteiger partial charge in [-0.05, 0) is 37.6 Å². The Morgan fingerprint density at radius 3 is 2.62 bits per heavy atom. The fourth-order valence-corrected chi connectivity index (χ4v) is 2.25. The molecule has 0 atom stereocenters. The second-order valence-corrected chi connectivity index (χ2v) is 5.54. The highest BCUT2D eigenvalue weighted by Gasteiger charge is 2.14. The van der Waals surface area contributed by atoms with Gasteiger partial charge in [0.1, 0.15) is 5.75 Å². The smallest absolute Gasteiger partial charge is 0.311 e. The molecule has 0 aliphatic heterocycles. The number of nitro benzene ring substituents is 1. The first-order valence-corrected chi connectivity index (χ1v) is 7.75. The molecule has 0 saturated carbocycles. The molecule has 0 bridgehead atoms. The van der Waals surface area contributed by atoms with E-state index in [0.717, 1.165) is 11.1 Å². The molecule has 0 spiro atoms. The Bertz CT molecular complexity index is 849. The Labute approximate surface area is 150 Å². The number of nitro groups is 1. The number of hydrazone groups is 1. The van der Waals surface area contributed by atoms with Gasteiger partial charge in [0.2, 0.25) is 0 Å². The van der Waals surface area contributed by atoms with Crippen LogP contribution in [-0.4, -0.2) is 30.8 Å². The van der Waals surface area contributed by atoms with Crippen molar-refractivity contribution in [3.05, 3.63) is 63.2 Å². The number of hydrogen-bond acceptors (Lipinski definition) is 6. The van der Waals surface area contributed by atoms with E-state index in [1.165, 1.54) is 25.5 Å². The van der Waals surface area contributed by atoms with Crippen LogP contribution < -0.4 is 14.9 Å². The van der Waals surface area contributed by atoms with Crippen LogP contribution in [0.2, 0.25) is 0 Å². The van der Waals surface area contributed by atoms with Gasteiger partial charge in [-0.2, -0.15) is 5.10 Å². The van der Waals surface area contributed by atoms with Crippen molar-refractivity contribution in [1.82, 2.24) is 5.43 Å². The average Bonchev–Trinajstić information content (AvgIpc) is 2.60. The third kappa shape index (κ3) is 5.04. The minimum absolute atomic E-state index is 0.151. The van der Waals surface area contributed by atoms with Crippen LogP contribution in [0.15, 0.2) is 41.5 Å². The zero-order valence-electron chi connectivity index (χ0n) is 14.7. The molecule has 0 saturated heterocycles. The molecule has 1 N–H and O–H groups in total. The molecule has 2 aromatic rings. The summed E-state index contributed by atoms with van der Waals surface area (Å²) < 4.78 is 10.4. The topological polar surface area (TPSA) is 103 Å². The van der Waals surface area contributed by atoms with Gasteiger partial charge >= 0.3 is 5.69 Å². The van der Waals surface area contributed by atoms with Gasteiger partial charge in [-0.3, -0.25) is 14.9 Å². The summed E-state index contributed by atoms with van der Waals surface area (Å²) in [6, 6.07) is 10.0. The van der Waals surface area contributed by atoms with Gasteiger partial charge in [-0.1, -0.05) is 17.7 Å². The lowest BCUT2D eigenvalue weighted by Gasteiger charge is -2.08. The van der Waals surface area contributed by atoms with Crippen LogP contribution in [0.1, 0.15) is 16.7 Å². The minimum atomic E-state index is -0.549. The summed E-state index contributed by atoms with van der Waals surface area (Å²) in [5.74, 6) is 0.336. The number of hydrogen-bond donors (Lipinski definition) is 1. The fourth-order valence-electron chi connectivity index (χ4n) is 2.25. The van der Waals surface area contributed by atoms with Gasteiger partial charge in [-0.15, -0.1) is 0 Å². The number of carbonyl (C=O) groups excluding carboxylic acids is 1. The van der Waals surface area contributed by atoms with E-state index in [0.29, 0.717) is 11.3 Å². The number of nitrogens with zero attached hydrogens (tertiary/aromatic N) is 2. The molecule has 0 heterocycles. The van der Waals surface area contributed by atoms with Crippen molar-refractivity contribution in [2.45, 2.75) is 13.8 Å². The van der Waals surface area contributed by atoms with E-state index in [-0.39, 0.29) is 18.0 Å². The quantitative estimate of drug-likeness (QED) is 0.466. The first kappa shape index (κ1) is 18.9. The summed E-state index contributed by atoms with van der Waals surface area (Å²) in [5.41, 5.74) is 4.63. The van der Waals surface area contributed by atoms with Crippen molar-refractivity contribution in [2.24, 2.45) is 5.10 Å². The van der Waals surface area contributed by atoms with Crippen LogP contribution >= 0.6 is 0 Å². The number of ether oxygens (including phenoxy) is 2. The van der Waals surface area contributed by atoms with E-state index in [4.69, 9.17) is 9.47 Å². The molecule has 26 heavy (non-hydrogen) atoms. The van der Waals surface area contributed by atoms with Crippen molar-refractivity contribution in [3.8, 4) is 11.5 Å².